The molecule has 6 nitrogen and oxygen atoms in total. The summed E-state index contributed by atoms with van der Waals surface area (Å²) >= 11 is 6.01. The van der Waals surface area contributed by atoms with Crippen molar-refractivity contribution in [1.82, 2.24) is 9.88 Å². The molecule has 3 rings (SSSR count). The second kappa shape index (κ2) is 8.56. The topological polar surface area (TPSA) is 62.7 Å². The lowest BCUT2D eigenvalue weighted by Gasteiger charge is -2.36. The fraction of sp³-hybridized carbons (Fsp3) is 0.350. The summed E-state index contributed by atoms with van der Waals surface area (Å²) in [5.74, 6) is -0.609. The third-order valence-electron chi connectivity index (χ3n) is 4.38. The minimum atomic E-state index is -0.484. The van der Waals surface area contributed by atoms with Gasteiger partial charge in [0.15, 0.2) is 0 Å². The number of ether oxygens (including phenoxy) is 1. The van der Waals surface area contributed by atoms with Gasteiger partial charge in [0, 0.05) is 32.4 Å². The fourth-order valence-corrected chi connectivity index (χ4v) is 3.29. The molecule has 0 radical (unpaired) electrons. The zero-order chi connectivity index (χ0) is 20.3. The van der Waals surface area contributed by atoms with E-state index in [1.807, 2.05) is 4.90 Å². The van der Waals surface area contributed by atoms with Gasteiger partial charge in [0.2, 0.25) is 0 Å². The molecule has 2 heterocycles. The predicted octanol–water partition coefficient (Wildman–Crippen LogP) is 3.40. The van der Waals surface area contributed by atoms with Crippen LogP contribution in [0.5, 0.6) is 0 Å². The Bertz CT molecular complexity index is 883. The molecule has 0 N–H and O–H groups in total. The molecule has 1 aliphatic heterocycles. The lowest BCUT2D eigenvalue weighted by atomic mass is 10.1. The van der Waals surface area contributed by atoms with Crippen LogP contribution in [-0.4, -0.2) is 54.0 Å². The summed E-state index contributed by atoms with van der Waals surface area (Å²) in [6, 6.07) is 7.12. The van der Waals surface area contributed by atoms with Crippen LogP contribution in [0.4, 0.5) is 10.2 Å². The molecular formula is C20H21ClFN3O3. The highest BCUT2D eigenvalue weighted by molar-refractivity contribution is 6.33. The molecule has 0 bridgehead atoms. The van der Waals surface area contributed by atoms with Crippen LogP contribution in [-0.2, 0) is 4.74 Å². The number of piperazine rings is 1. The Labute approximate surface area is 167 Å². The number of pyridine rings is 1. The summed E-state index contributed by atoms with van der Waals surface area (Å²) in [6.45, 7) is 5.45. The van der Waals surface area contributed by atoms with E-state index in [4.69, 9.17) is 16.3 Å². The van der Waals surface area contributed by atoms with Crippen LogP contribution in [0.2, 0.25) is 5.02 Å². The zero-order valence-corrected chi connectivity index (χ0v) is 16.4. The van der Waals surface area contributed by atoms with Gasteiger partial charge in [0.1, 0.15) is 17.2 Å². The van der Waals surface area contributed by atoms with Gasteiger partial charge >= 0.3 is 5.97 Å². The van der Waals surface area contributed by atoms with Crippen molar-refractivity contribution in [3.8, 4) is 0 Å². The van der Waals surface area contributed by atoms with Crippen LogP contribution >= 0.6 is 11.6 Å². The van der Waals surface area contributed by atoms with Crippen molar-refractivity contribution in [2.24, 2.45) is 0 Å². The molecule has 8 heteroatoms. The van der Waals surface area contributed by atoms with E-state index in [0.717, 1.165) is 6.07 Å². The summed E-state index contributed by atoms with van der Waals surface area (Å²) in [4.78, 5) is 33.0. The molecule has 0 atom stereocenters. The summed E-state index contributed by atoms with van der Waals surface area (Å²) in [7, 11) is 0. The number of hydrogen-bond donors (Lipinski definition) is 0. The predicted molar refractivity (Wildman–Crippen MR) is 104 cm³/mol. The second-order valence-electron chi connectivity index (χ2n) is 6.73. The van der Waals surface area contributed by atoms with E-state index in [0.29, 0.717) is 37.6 Å². The lowest BCUT2D eigenvalue weighted by Crippen LogP contribution is -2.49. The van der Waals surface area contributed by atoms with Gasteiger partial charge in [0.05, 0.1) is 16.7 Å². The van der Waals surface area contributed by atoms with Gasteiger partial charge in [-0.2, -0.15) is 0 Å². The summed E-state index contributed by atoms with van der Waals surface area (Å²) in [6.07, 6.45) is 1.40. The smallest absolute Gasteiger partial charge is 0.342 e. The van der Waals surface area contributed by atoms with E-state index in [2.05, 4.69) is 4.98 Å². The number of aromatic nitrogens is 1. The number of hydrogen-bond acceptors (Lipinski definition) is 5. The second-order valence-corrected chi connectivity index (χ2v) is 7.14. The van der Waals surface area contributed by atoms with E-state index in [1.165, 1.54) is 12.1 Å². The number of rotatable bonds is 4. The average molecular weight is 406 g/mol. The monoisotopic (exact) mass is 405 g/mol. The van der Waals surface area contributed by atoms with Gasteiger partial charge in [-0.15, -0.1) is 0 Å². The maximum absolute atomic E-state index is 13.2. The Balaban J connectivity index is 1.71. The van der Waals surface area contributed by atoms with E-state index < -0.39 is 11.8 Å². The van der Waals surface area contributed by atoms with Crippen molar-refractivity contribution in [2.75, 3.05) is 31.1 Å². The van der Waals surface area contributed by atoms with Crippen molar-refractivity contribution in [2.45, 2.75) is 20.0 Å². The SMILES string of the molecule is CC(C)OC(=O)c1cccnc1N1CCN(C(=O)c2ccc(F)cc2Cl)CC1. The molecule has 2 aromatic rings. The van der Waals surface area contributed by atoms with Crippen molar-refractivity contribution in [3.05, 3.63) is 58.5 Å². The number of carbonyl (C=O) groups excluding carboxylic acids is 2. The summed E-state index contributed by atoms with van der Waals surface area (Å²) in [5.41, 5.74) is 0.674. The van der Waals surface area contributed by atoms with Crippen LogP contribution in [0.3, 0.4) is 0 Å². The Morgan fingerprint density at radius 1 is 1.14 bits per heavy atom. The minimum Gasteiger partial charge on any atom is -0.459 e. The van der Waals surface area contributed by atoms with E-state index in [9.17, 15) is 14.0 Å². The standard InChI is InChI=1S/C20H21ClFN3O3/c1-13(2)28-20(27)16-4-3-7-23-18(16)24-8-10-25(11-9-24)19(26)15-6-5-14(22)12-17(15)21/h3-7,12-13H,8-11H2,1-2H3. The third-order valence-corrected chi connectivity index (χ3v) is 4.69. The first kappa shape index (κ1) is 20.1. The van der Waals surface area contributed by atoms with Crippen molar-refractivity contribution in [3.63, 3.8) is 0 Å². The zero-order valence-electron chi connectivity index (χ0n) is 15.7. The normalized spacial score (nSPS) is 14.3. The average Bonchev–Trinajstić information content (AvgIpc) is 2.67. The molecule has 1 aliphatic rings. The van der Waals surface area contributed by atoms with Crippen molar-refractivity contribution >= 4 is 29.3 Å². The molecule has 1 amide bonds. The van der Waals surface area contributed by atoms with Crippen LogP contribution in [0.15, 0.2) is 36.5 Å². The highest BCUT2D eigenvalue weighted by Crippen LogP contribution is 2.23. The van der Waals surface area contributed by atoms with Crippen molar-refractivity contribution < 1.29 is 18.7 Å². The molecule has 28 heavy (non-hydrogen) atoms. The number of halogens is 2. The Morgan fingerprint density at radius 2 is 1.86 bits per heavy atom. The molecule has 1 aromatic carbocycles. The minimum absolute atomic E-state index is 0.0934. The molecular weight excluding hydrogens is 385 g/mol. The molecule has 0 spiro atoms. The Hall–Kier alpha value is -2.67. The van der Waals surface area contributed by atoms with Gasteiger partial charge in [-0.05, 0) is 44.2 Å². The van der Waals surface area contributed by atoms with Crippen LogP contribution in [0.1, 0.15) is 34.6 Å². The van der Waals surface area contributed by atoms with E-state index in [-0.39, 0.29) is 22.6 Å². The van der Waals surface area contributed by atoms with Gasteiger partial charge in [-0.3, -0.25) is 4.79 Å². The van der Waals surface area contributed by atoms with Crippen LogP contribution in [0, 0.1) is 5.82 Å². The first-order chi connectivity index (χ1) is 13.4. The molecule has 0 saturated carbocycles. The van der Waals surface area contributed by atoms with Gasteiger partial charge < -0.3 is 14.5 Å². The third kappa shape index (κ3) is 4.42. The number of nitrogens with zero attached hydrogens (tertiary/aromatic N) is 3. The Morgan fingerprint density at radius 3 is 2.50 bits per heavy atom. The number of amides is 1. The highest BCUT2D eigenvalue weighted by atomic mass is 35.5. The van der Waals surface area contributed by atoms with Gasteiger partial charge in [0.25, 0.3) is 5.91 Å². The number of carbonyl (C=O) groups is 2. The molecule has 1 aromatic heterocycles. The first-order valence-corrected chi connectivity index (χ1v) is 9.40. The quantitative estimate of drug-likeness (QED) is 0.729. The van der Waals surface area contributed by atoms with Gasteiger partial charge in [-0.25, -0.2) is 14.2 Å². The van der Waals surface area contributed by atoms with Crippen LogP contribution < -0.4 is 4.90 Å². The van der Waals surface area contributed by atoms with Crippen molar-refractivity contribution in [1.29, 1.82) is 0 Å². The maximum Gasteiger partial charge on any atom is 0.342 e. The van der Waals surface area contributed by atoms with E-state index >= 15 is 0 Å². The fourth-order valence-electron chi connectivity index (χ4n) is 3.04. The van der Waals surface area contributed by atoms with Gasteiger partial charge in [-0.1, -0.05) is 11.6 Å². The molecule has 0 aliphatic carbocycles. The van der Waals surface area contributed by atoms with E-state index in [1.54, 1.807) is 37.1 Å². The number of benzene rings is 1. The maximum atomic E-state index is 13.2. The van der Waals surface area contributed by atoms with Crippen LogP contribution in [0.25, 0.3) is 0 Å². The summed E-state index contributed by atoms with van der Waals surface area (Å²) in [5, 5.41) is 0.0934. The summed E-state index contributed by atoms with van der Waals surface area (Å²) < 4.78 is 18.5. The molecule has 0 unspecified atom stereocenters. The number of anilines is 1. The largest absolute Gasteiger partial charge is 0.459 e. The number of esters is 1. The first-order valence-electron chi connectivity index (χ1n) is 9.02. The highest BCUT2D eigenvalue weighted by Gasteiger charge is 2.27. The lowest BCUT2D eigenvalue weighted by molar-refractivity contribution is 0.0377. The molecule has 1 saturated heterocycles. The Kier molecular flexibility index (Phi) is 6.14. The molecule has 1 fully saturated rings. The molecule has 148 valence electrons.